The molecule has 11 N–H and O–H groups in total. The van der Waals surface area contributed by atoms with Crippen molar-refractivity contribution < 1.29 is 122 Å². The number of esters is 1. The first kappa shape index (κ1) is 67.1. The number of carbonyl (C=O) groups is 3. The van der Waals surface area contributed by atoms with Gasteiger partial charge in [0.25, 0.3) is 5.69 Å². The van der Waals surface area contributed by atoms with Gasteiger partial charge in [0.1, 0.15) is 66.0 Å². The van der Waals surface area contributed by atoms with E-state index in [0.29, 0.717) is 16.5 Å². The number of hydrogen-bond acceptors (Lipinski definition) is 26. The van der Waals surface area contributed by atoms with Crippen LogP contribution in [0.15, 0.2) is 36.5 Å². The van der Waals surface area contributed by atoms with Crippen LogP contribution in [0.1, 0.15) is 101 Å². The molecule has 0 bridgehead atoms. The number of aromatic nitrogens is 1. The Hall–Kier alpha value is -5.81. The molecule has 1 amide bonds. The van der Waals surface area contributed by atoms with E-state index in [-0.39, 0.29) is 83.8 Å². The van der Waals surface area contributed by atoms with Crippen molar-refractivity contribution in [3.63, 3.8) is 0 Å². The standard InChI is InChI=1S/C61H81N3O26/c1-23-38(86-43-18-39(51(68)25(3)82-43)87-42-17-37(65)50(67)24(2)81-42)15-30-12-29-13-34(57(79-8)59(74)63-36(60(75)80-9)14-31-22-62-35-11-10-32(64(77)78)16-33(31)35)56(55(72)48(29)54(71)47(30)49(23)66)90-45-20-40(52(69)27(5)84-45)88-44-19-41(53(70)26(4)83-44)89-46-21-61(7,76)58(73)28(6)85-46/h10-12,15-16,22,24-28,34,36-37,39-46,50-53,56-58,62,65-71,73,76H,13-14,17-21H2,1-9H3,(H,63,74)/t24-,25-,26-,27-,28-,34-,36+,37-,39-,40-,41-,42+,43+,44+,45+,46+,50-,51-,52-,53+,56+,57+,58-,61+/m1/s1. The van der Waals surface area contributed by atoms with Crippen molar-refractivity contribution in [3.05, 3.63) is 68.9 Å². The Kier molecular flexibility index (Phi) is 20.1. The van der Waals surface area contributed by atoms with Crippen LogP contribution in [-0.2, 0) is 74.5 Å². The van der Waals surface area contributed by atoms with Crippen LogP contribution in [0.2, 0.25) is 0 Å². The van der Waals surface area contributed by atoms with Crippen LogP contribution in [0.3, 0.4) is 0 Å². The predicted molar refractivity (Wildman–Crippen MR) is 308 cm³/mol. The lowest BCUT2D eigenvalue weighted by atomic mass is 9.76. The summed E-state index contributed by atoms with van der Waals surface area (Å²) in [5, 5.41) is 115. The quantitative estimate of drug-likeness (QED) is 0.0384. The van der Waals surface area contributed by atoms with Gasteiger partial charge in [0, 0.05) is 86.3 Å². The van der Waals surface area contributed by atoms with Crippen molar-refractivity contribution in [1.29, 1.82) is 0 Å². The first-order valence-corrected chi connectivity index (χ1v) is 30.1. The van der Waals surface area contributed by atoms with E-state index in [9.17, 15) is 65.7 Å². The minimum absolute atomic E-state index is 0.0673. The zero-order chi connectivity index (χ0) is 65.1. The van der Waals surface area contributed by atoms with Crippen LogP contribution < -0.4 is 10.1 Å². The molecule has 29 nitrogen and oxygen atoms in total. The average Bonchev–Trinajstić information content (AvgIpc) is 0.851. The summed E-state index contributed by atoms with van der Waals surface area (Å²) < 4.78 is 72.6. The van der Waals surface area contributed by atoms with Crippen LogP contribution in [0, 0.1) is 23.0 Å². The number of ether oxygens (including phenoxy) is 12. The molecule has 496 valence electrons. The summed E-state index contributed by atoms with van der Waals surface area (Å²) in [6, 6.07) is 5.71. The Morgan fingerprint density at radius 3 is 1.89 bits per heavy atom. The number of amides is 1. The van der Waals surface area contributed by atoms with Gasteiger partial charge < -0.3 is 113 Å². The minimum Gasteiger partial charge on any atom is -0.507 e. The van der Waals surface area contributed by atoms with Gasteiger partial charge in [-0.15, -0.1) is 0 Å². The number of hydrogen-bond donors (Lipinski definition) is 11. The van der Waals surface area contributed by atoms with Crippen LogP contribution in [0.4, 0.5) is 5.69 Å². The summed E-state index contributed by atoms with van der Waals surface area (Å²) in [4.78, 5) is 58.2. The number of nitro groups is 1. The van der Waals surface area contributed by atoms with Crippen molar-refractivity contribution in [1.82, 2.24) is 10.3 Å². The maximum Gasteiger partial charge on any atom is 0.328 e. The number of phenolic OH excluding ortho intramolecular Hbond substituents is 2. The second kappa shape index (κ2) is 27.0. The fraction of sp³-hybridized carbons (Fsp3) is 0.656. The third-order valence-electron chi connectivity index (χ3n) is 18.3. The van der Waals surface area contributed by atoms with Gasteiger partial charge in [-0.3, -0.25) is 19.7 Å². The first-order valence-electron chi connectivity index (χ1n) is 30.1. The Balaban J connectivity index is 0.944. The van der Waals surface area contributed by atoms with Gasteiger partial charge in [0.2, 0.25) is 12.2 Å². The number of aliphatic hydroxyl groups excluding tert-OH is 6. The van der Waals surface area contributed by atoms with Gasteiger partial charge in [0.05, 0.1) is 83.5 Å². The van der Waals surface area contributed by atoms with Crippen molar-refractivity contribution in [3.8, 4) is 17.2 Å². The smallest absolute Gasteiger partial charge is 0.328 e. The number of Topliss-reactive ketones (excluding diaryl/α,β-unsaturated/α-hetero) is 1. The maximum atomic E-state index is 15.5. The molecule has 5 saturated heterocycles. The Morgan fingerprint density at radius 1 is 0.756 bits per heavy atom. The summed E-state index contributed by atoms with van der Waals surface area (Å²) in [5.74, 6) is -5.12. The number of fused-ring (bicyclic) bond motifs is 3. The van der Waals surface area contributed by atoms with Crippen LogP contribution in [-0.4, -0.2) is 229 Å². The average molecular weight is 1270 g/mol. The zero-order valence-corrected chi connectivity index (χ0v) is 51.1. The highest BCUT2D eigenvalue weighted by Gasteiger charge is 2.51. The third-order valence-corrected chi connectivity index (χ3v) is 18.3. The normalized spacial score (nSPS) is 37.2. The molecular formula is C61H81N3O26. The Bertz CT molecular complexity index is 3260. The van der Waals surface area contributed by atoms with Gasteiger partial charge >= 0.3 is 5.97 Å². The second-order valence-electron chi connectivity index (χ2n) is 24.7. The number of carbonyl (C=O) groups excluding carboxylic acids is 3. The zero-order valence-electron chi connectivity index (χ0n) is 51.1. The molecule has 29 heteroatoms. The molecule has 1 aliphatic carbocycles. The number of nitrogens with one attached hydrogen (secondary N) is 2. The third kappa shape index (κ3) is 13.7. The summed E-state index contributed by atoms with van der Waals surface area (Å²) in [6.07, 6.45) is -23.3. The van der Waals surface area contributed by atoms with Crippen LogP contribution >= 0.6 is 0 Å². The SMILES string of the molecule is COC(=O)[C@H](Cc1c[nH]c2ccc([N+](=O)[O-])cc12)NC(=O)[C@@H](OC)[C@@H]1Cc2cc3cc(O[C@H]4C[C@@H](O[C@H]5C[C@@H](O)[C@H](O)[C@@H](C)O5)[C@H](O)[C@@H](C)O4)c(C)c(O)c3c(O)c2C(=O)[C@H]1O[C@H]1C[C@@H](O[C@H]2C[C@@H](O[C@H]3C[C@](C)(O)[C@H](O)[C@@H](C)O3)[C@@H](O)[C@@H](C)O2)[C@H](O)[C@@H](C)O1. The number of ketones is 1. The number of aliphatic hydroxyl groups is 7. The highest BCUT2D eigenvalue weighted by atomic mass is 16.7. The number of nitrogens with zero attached hydrogens (tertiary/aromatic N) is 1. The van der Waals surface area contributed by atoms with Crippen LogP contribution in [0.5, 0.6) is 17.2 Å². The van der Waals surface area contributed by atoms with E-state index in [4.69, 9.17) is 56.8 Å². The number of nitro benzene ring substituents is 1. The summed E-state index contributed by atoms with van der Waals surface area (Å²) in [5.41, 5.74) is -0.907. The number of rotatable bonds is 18. The van der Waals surface area contributed by atoms with E-state index >= 15 is 4.79 Å². The number of benzene rings is 3. The highest BCUT2D eigenvalue weighted by Crippen LogP contribution is 2.48. The topological polar surface area (TPSA) is 415 Å². The lowest BCUT2D eigenvalue weighted by molar-refractivity contribution is -0.384. The highest BCUT2D eigenvalue weighted by molar-refractivity contribution is 6.11. The second-order valence-corrected chi connectivity index (χ2v) is 24.7. The van der Waals surface area contributed by atoms with Crippen LogP contribution in [0.25, 0.3) is 21.7 Å². The van der Waals surface area contributed by atoms with E-state index < -0.39 is 181 Å². The van der Waals surface area contributed by atoms with Crippen molar-refractivity contribution in [2.45, 2.75) is 234 Å². The Morgan fingerprint density at radius 2 is 1.31 bits per heavy atom. The molecule has 5 fully saturated rings. The largest absolute Gasteiger partial charge is 0.507 e. The number of aromatic amines is 1. The van der Waals surface area contributed by atoms with Gasteiger partial charge in [-0.1, -0.05) is 0 Å². The lowest BCUT2D eigenvalue weighted by Gasteiger charge is -2.46. The molecule has 90 heavy (non-hydrogen) atoms. The van der Waals surface area contributed by atoms with Gasteiger partial charge in [0.15, 0.2) is 30.9 Å². The van der Waals surface area contributed by atoms with Gasteiger partial charge in [-0.2, -0.15) is 0 Å². The molecule has 6 heterocycles. The summed E-state index contributed by atoms with van der Waals surface area (Å²) in [7, 11) is 2.30. The number of aromatic hydroxyl groups is 2. The molecule has 5 aliphatic heterocycles. The predicted octanol–water partition coefficient (Wildman–Crippen LogP) is 1.73. The fourth-order valence-electron chi connectivity index (χ4n) is 13.2. The van der Waals surface area contributed by atoms with E-state index in [2.05, 4.69) is 10.3 Å². The minimum atomic E-state index is -1.74. The molecule has 1 aromatic heterocycles. The van der Waals surface area contributed by atoms with Gasteiger partial charge in [-0.05, 0) is 89.6 Å². The number of phenols is 2. The number of H-pyrrole nitrogens is 1. The molecular weight excluding hydrogens is 1190 g/mol. The van der Waals surface area contributed by atoms with Crippen molar-refractivity contribution in [2.75, 3.05) is 14.2 Å². The Labute approximate surface area is 516 Å². The van der Waals surface area contributed by atoms with Crippen molar-refractivity contribution >= 4 is 45.0 Å². The molecule has 10 rings (SSSR count). The first-order chi connectivity index (χ1) is 42.5. The molecule has 0 saturated carbocycles. The number of methoxy groups -OCH3 is 2. The number of non-ortho nitro benzene ring substituents is 1. The molecule has 4 aromatic rings. The monoisotopic (exact) mass is 1270 g/mol. The molecule has 6 aliphatic rings. The van der Waals surface area contributed by atoms with E-state index in [1.807, 2.05) is 0 Å². The molecule has 0 radical (unpaired) electrons. The van der Waals surface area contributed by atoms with Crippen molar-refractivity contribution in [2.24, 2.45) is 5.92 Å². The maximum absolute atomic E-state index is 15.5. The fourth-order valence-corrected chi connectivity index (χ4v) is 13.2. The summed E-state index contributed by atoms with van der Waals surface area (Å²) in [6.45, 7) is 10.8. The summed E-state index contributed by atoms with van der Waals surface area (Å²) >= 11 is 0. The lowest BCUT2D eigenvalue weighted by Crippen LogP contribution is -2.58. The molecule has 0 unspecified atom stereocenters. The molecule has 24 atom stereocenters. The van der Waals surface area contributed by atoms with Gasteiger partial charge in [-0.25, -0.2) is 4.79 Å². The molecule has 0 spiro atoms. The molecule has 3 aromatic carbocycles. The van der Waals surface area contributed by atoms with E-state index in [1.54, 1.807) is 27.7 Å². The van der Waals surface area contributed by atoms with E-state index in [0.717, 1.165) is 7.11 Å². The van der Waals surface area contributed by atoms with E-state index in [1.165, 1.54) is 64.4 Å².